The summed E-state index contributed by atoms with van der Waals surface area (Å²) in [5, 5.41) is 4.45. The van der Waals surface area contributed by atoms with E-state index in [1.165, 1.54) is 0 Å². The Morgan fingerprint density at radius 1 is 1.25 bits per heavy atom. The van der Waals surface area contributed by atoms with Crippen LogP contribution in [-0.4, -0.2) is 9.78 Å². The van der Waals surface area contributed by atoms with Crippen LogP contribution in [-0.2, 0) is 0 Å². The molecular formula is C12H14BrN3. The molecule has 0 aliphatic carbocycles. The van der Waals surface area contributed by atoms with Crippen molar-refractivity contribution in [2.45, 2.75) is 20.8 Å². The minimum Gasteiger partial charge on any atom is -0.383 e. The van der Waals surface area contributed by atoms with Gasteiger partial charge in [-0.25, -0.2) is 4.68 Å². The smallest absolute Gasteiger partial charge is 0.130 e. The summed E-state index contributed by atoms with van der Waals surface area (Å²) in [4.78, 5) is 0. The zero-order valence-electron chi connectivity index (χ0n) is 9.58. The monoisotopic (exact) mass is 279 g/mol. The van der Waals surface area contributed by atoms with E-state index < -0.39 is 0 Å². The Bertz CT molecular complexity index is 543. The molecule has 1 heterocycles. The van der Waals surface area contributed by atoms with Crippen LogP contribution in [0, 0.1) is 20.8 Å². The average Bonchev–Trinajstić information content (AvgIpc) is 2.46. The van der Waals surface area contributed by atoms with Crippen LogP contribution in [0.15, 0.2) is 22.7 Å². The number of benzene rings is 1. The number of nitrogens with zero attached hydrogens (tertiary/aromatic N) is 2. The van der Waals surface area contributed by atoms with Crippen LogP contribution in [0.4, 0.5) is 5.82 Å². The van der Waals surface area contributed by atoms with Gasteiger partial charge in [0.2, 0.25) is 0 Å². The second-order valence-electron chi connectivity index (χ2n) is 3.94. The molecule has 1 aromatic carbocycles. The molecule has 84 valence electrons. The fourth-order valence-corrected chi connectivity index (χ4v) is 2.14. The number of nitrogens with two attached hydrogens (primary N) is 1. The average molecular weight is 280 g/mol. The lowest BCUT2D eigenvalue weighted by Gasteiger charge is -2.08. The van der Waals surface area contributed by atoms with Crippen molar-refractivity contribution in [2.24, 2.45) is 0 Å². The van der Waals surface area contributed by atoms with Gasteiger partial charge in [0.15, 0.2) is 0 Å². The van der Waals surface area contributed by atoms with Crippen molar-refractivity contribution >= 4 is 21.7 Å². The predicted octanol–water partition coefficient (Wildman–Crippen LogP) is 3.14. The van der Waals surface area contributed by atoms with Crippen LogP contribution in [0.5, 0.6) is 0 Å². The van der Waals surface area contributed by atoms with E-state index in [9.17, 15) is 0 Å². The molecule has 0 saturated carbocycles. The van der Waals surface area contributed by atoms with E-state index in [1.807, 2.05) is 32.9 Å². The molecule has 0 radical (unpaired) electrons. The first-order valence-corrected chi connectivity index (χ1v) is 5.88. The number of rotatable bonds is 1. The number of aromatic nitrogens is 2. The largest absolute Gasteiger partial charge is 0.383 e. The van der Waals surface area contributed by atoms with Gasteiger partial charge in [-0.05, 0) is 44.5 Å². The Balaban J connectivity index is 2.63. The first-order chi connectivity index (χ1) is 7.50. The highest BCUT2D eigenvalue weighted by Crippen LogP contribution is 2.24. The lowest BCUT2D eigenvalue weighted by Crippen LogP contribution is -2.04. The van der Waals surface area contributed by atoms with Crippen LogP contribution < -0.4 is 5.73 Å². The van der Waals surface area contributed by atoms with E-state index in [2.05, 4.69) is 27.1 Å². The first kappa shape index (κ1) is 11.2. The molecular weight excluding hydrogens is 266 g/mol. The van der Waals surface area contributed by atoms with Gasteiger partial charge in [-0.2, -0.15) is 5.10 Å². The third-order valence-corrected chi connectivity index (χ3v) is 3.29. The van der Waals surface area contributed by atoms with Crippen molar-refractivity contribution in [3.8, 4) is 5.69 Å². The lowest BCUT2D eigenvalue weighted by molar-refractivity contribution is 0.865. The fraction of sp³-hybridized carbons (Fsp3) is 0.250. The molecule has 0 aliphatic heterocycles. The molecule has 3 nitrogen and oxygen atoms in total. The molecule has 4 heteroatoms. The lowest BCUT2D eigenvalue weighted by atomic mass is 10.2. The van der Waals surface area contributed by atoms with Gasteiger partial charge in [-0.1, -0.05) is 15.9 Å². The Hall–Kier alpha value is -1.29. The van der Waals surface area contributed by atoms with Crippen LogP contribution in [0.1, 0.15) is 16.8 Å². The van der Waals surface area contributed by atoms with Crippen molar-refractivity contribution in [1.29, 1.82) is 0 Å². The molecule has 0 saturated heterocycles. The van der Waals surface area contributed by atoms with Crippen molar-refractivity contribution in [1.82, 2.24) is 9.78 Å². The van der Waals surface area contributed by atoms with Crippen molar-refractivity contribution in [2.75, 3.05) is 5.73 Å². The van der Waals surface area contributed by atoms with Gasteiger partial charge in [0.1, 0.15) is 5.82 Å². The molecule has 0 amide bonds. The van der Waals surface area contributed by atoms with Crippen LogP contribution >= 0.6 is 15.9 Å². The summed E-state index contributed by atoms with van der Waals surface area (Å²) in [7, 11) is 0. The maximum atomic E-state index is 6.03. The normalized spacial score (nSPS) is 10.8. The van der Waals surface area contributed by atoms with Gasteiger partial charge in [-0.3, -0.25) is 0 Å². The SMILES string of the molecule is Cc1cc(Br)ccc1-n1nc(C)c(C)c1N. The summed E-state index contributed by atoms with van der Waals surface area (Å²) in [5.74, 6) is 0.711. The van der Waals surface area contributed by atoms with Gasteiger partial charge in [0.25, 0.3) is 0 Å². The third-order valence-electron chi connectivity index (χ3n) is 2.79. The molecule has 0 bridgehead atoms. The summed E-state index contributed by atoms with van der Waals surface area (Å²) in [6, 6.07) is 6.07. The van der Waals surface area contributed by atoms with Gasteiger partial charge in [0.05, 0.1) is 11.4 Å². The maximum Gasteiger partial charge on any atom is 0.130 e. The molecule has 0 spiro atoms. The molecule has 1 aromatic heterocycles. The summed E-state index contributed by atoms with van der Waals surface area (Å²) in [5.41, 5.74) is 10.2. The Morgan fingerprint density at radius 2 is 1.94 bits per heavy atom. The van der Waals surface area contributed by atoms with Gasteiger partial charge < -0.3 is 5.73 Å². The van der Waals surface area contributed by atoms with Crippen molar-refractivity contribution in [3.05, 3.63) is 39.5 Å². The zero-order chi connectivity index (χ0) is 11.9. The third kappa shape index (κ3) is 1.73. The van der Waals surface area contributed by atoms with Crippen LogP contribution in [0.3, 0.4) is 0 Å². The van der Waals surface area contributed by atoms with Crippen molar-refractivity contribution in [3.63, 3.8) is 0 Å². The molecule has 0 aliphatic rings. The predicted molar refractivity (Wildman–Crippen MR) is 69.9 cm³/mol. The number of anilines is 1. The molecule has 2 aromatic rings. The van der Waals surface area contributed by atoms with Crippen LogP contribution in [0.2, 0.25) is 0 Å². The molecule has 16 heavy (non-hydrogen) atoms. The van der Waals surface area contributed by atoms with Crippen molar-refractivity contribution < 1.29 is 0 Å². The van der Waals surface area contributed by atoms with Gasteiger partial charge in [0, 0.05) is 10.0 Å². The fourth-order valence-electron chi connectivity index (χ4n) is 1.66. The van der Waals surface area contributed by atoms with E-state index in [4.69, 9.17) is 5.73 Å². The van der Waals surface area contributed by atoms with E-state index in [0.29, 0.717) is 5.82 Å². The Morgan fingerprint density at radius 3 is 2.44 bits per heavy atom. The summed E-state index contributed by atoms with van der Waals surface area (Å²) < 4.78 is 2.86. The number of hydrogen-bond acceptors (Lipinski definition) is 2. The summed E-state index contributed by atoms with van der Waals surface area (Å²) in [6.07, 6.45) is 0. The number of aryl methyl sites for hydroxylation is 2. The Kier molecular flexibility index (Phi) is 2.76. The van der Waals surface area contributed by atoms with E-state index >= 15 is 0 Å². The highest BCUT2D eigenvalue weighted by Gasteiger charge is 2.11. The molecule has 0 unspecified atom stereocenters. The second kappa shape index (κ2) is 3.94. The van der Waals surface area contributed by atoms with E-state index in [0.717, 1.165) is 27.0 Å². The zero-order valence-corrected chi connectivity index (χ0v) is 11.2. The minimum absolute atomic E-state index is 0.711. The number of halogens is 1. The van der Waals surface area contributed by atoms with Crippen LogP contribution in [0.25, 0.3) is 5.69 Å². The quantitative estimate of drug-likeness (QED) is 0.872. The molecule has 2 rings (SSSR count). The molecule has 2 N–H and O–H groups in total. The summed E-state index contributed by atoms with van der Waals surface area (Å²) >= 11 is 3.45. The van der Waals surface area contributed by atoms with Gasteiger partial charge in [-0.15, -0.1) is 0 Å². The minimum atomic E-state index is 0.711. The van der Waals surface area contributed by atoms with E-state index in [1.54, 1.807) is 4.68 Å². The Labute approximate surface area is 103 Å². The van der Waals surface area contributed by atoms with E-state index in [-0.39, 0.29) is 0 Å². The standard InChI is InChI=1S/C12H14BrN3/c1-7-6-10(13)4-5-11(7)16-12(14)8(2)9(3)15-16/h4-6H,14H2,1-3H3. The number of hydrogen-bond donors (Lipinski definition) is 1. The number of nitrogen functional groups attached to an aromatic ring is 1. The summed E-state index contributed by atoms with van der Waals surface area (Å²) in [6.45, 7) is 6.00. The molecule has 0 atom stereocenters. The second-order valence-corrected chi connectivity index (χ2v) is 4.85. The molecule has 0 fully saturated rings. The topological polar surface area (TPSA) is 43.8 Å². The van der Waals surface area contributed by atoms with Gasteiger partial charge >= 0.3 is 0 Å². The first-order valence-electron chi connectivity index (χ1n) is 5.09. The highest BCUT2D eigenvalue weighted by atomic mass is 79.9. The highest BCUT2D eigenvalue weighted by molar-refractivity contribution is 9.10. The maximum absolute atomic E-state index is 6.03.